The Labute approximate surface area is 259 Å². The van der Waals surface area contributed by atoms with Gasteiger partial charge in [0.05, 0.1) is 10.5 Å². The Morgan fingerprint density at radius 2 is 1.77 bits per heavy atom. The number of carboxylic acids is 1. The van der Waals surface area contributed by atoms with E-state index < -0.39 is 45.7 Å². The highest BCUT2D eigenvalue weighted by Crippen LogP contribution is 2.41. The fourth-order valence-corrected chi connectivity index (χ4v) is 7.63. The Kier molecular flexibility index (Phi) is 8.69. The van der Waals surface area contributed by atoms with Crippen LogP contribution in [0.15, 0.2) is 63.9 Å². The monoisotopic (exact) mass is 669 g/mol. The number of amides is 1. The number of carbonyl (C=O) groups is 2. The van der Waals surface area contributed by atoms with Crippen molar-refractivity contribution in [1.29, 1.82) is 0 Å². The molecule has 0 unspecified atom stereocenters. The van der Waals surface area contributed by atoms with Crippen molar-refractivity contribution in [3.63, 3.8) is 0 Å². The Hall–Kier alpha value is -3.65. The second kappa shape index (κ2) is 12.0. The zero-order valence-corrected chi connectivity index (χ0v) is 25.2. The molecule has 1 aliphatic rings. The fraction of sp³-hybridized carbons (Fsp3) is 0.276. The molecule has 4 aromatic rings. The van der Waals surface area contributed by atoms with Crippen molar-refractivity contribution in [1.82, 2.24) is 14.6 Å². The van der Waals surface area contributed by atoms with Crippen LogP contribution in [0.2, 0.25) is 10.0 Å². The van der Waals surface area contributed by atoms with Gasteiger partial charge in [-0.2, -0.15) is 17.5 Å². The van der Waals surface area contributed by atoms with E-state index in [4.69, 9.17) is 27.6 Å². The molecule has 5 rings (SSSR count). The van der Waals surface area contributed by atoms with Gasteiger partial charge in [0.2, 0.25) is 15.9 Å². The molecule has 0 bridgehead atoms. The molecule has 44 heavy (non-hydrogen) atoms. The smallest absolute Gasteiger partial charge is 0.417 e. The fourth-order valence-electron chi connectivity index (χ4n) is 5.25. The van der Waals surface area contributed by atoms with Crippen LogP contribution in [0, 0.1) is 6.92 Å². The largest absolute Gasteiger partial charge is 0.480 e. The number of carboxylic acid groups (broad SMARTS) is 1. The van der Waals surface area contributed by atoms with Gasteiger partial charge >= 0.3 is 12.1 Å². The van der Waals surface area contributed by atoms with E-state index in [9.17, 15) is 36.3 Å². The van der Waals surface area contributed by atoms with Crippen LogP contribution < -0.4 is 5.32 Å². The third kappa shape index (κ3) is 6.41. The number of hydrogen-bond acceptors (Lipinski definition) is 6. The van der Waals surface area contributed by atoms with E-state index in [1.165, 1.54) is 55.5 Å². The number of nitrogens with one attached hydrogen (secondary N) is 1. The average molecular weight is 670 g/mol. The minimum absolute atomic E-state index is 0.0292. The lowest BCUT2D eigenvalue weighted by Gasteiger charge is -2.25. The summed E-state index contributed by atoms with van der Waals surface area (Å²) in [6.45, 7) is 1.55. The highest BCUT2D eigenvalue weighted by molar-refractivity contribution is 7.89. The normalized spacial score (nSPS) is 16.7. The molecule has 0 saturated carbocycles. The number of aryl methyl sites for hydroxylation is 1. The highest BCUT2D eigenvalue weighted by atomic mass is 35.5. The second-order valence-corrected chi connectivity index (χ2v) is 13.0. The predicted molar refractivity (Wildman–Crippen MR) is 156 cm³/mol. The quantitative estimate of drug-likeness (QED) is 0.232. The number of benzene rings is 3. The average Bonchev–Trinajstić information content (AvgIpc) is 3.58. The summed E-state index contributed by atoms with van der Waals surface area (Å²) in [6.07, 6.45) is -4.37. The summed E-state index contributed by atoms with van der Waals surface area (Å²) in [4.78, 5) is 29.2. The number of halogens is 5. The maximum Gasteiger partial charge on any atom is 0.417 e. The van der Waals surface area contributed by atoms with Gasteiger partial charge < -0.3 is 14.8 Å². The molecule has 1 aromatic heterocycles. The van der Waals surface area contributed by atoms with Crippen LogP contribution in [-0.4, -0.2) is 53.3 Å². The van der Waals surface area contributed by atoms with E-state index in [2.05, 4.69) is 10.3 Å². The van der Waals surface area contributed by atoms with Crippen molar-refractivity contribution in [2.75, 3.05) is 6.54 Å². The molecule has 3 aromatic carbocycles. The van der Waals surface area contributed by atoms with Gasteiger partial charge in [0.25, 0.3) is 0 Å². The molecule has 1 saturated heterocycles. The third-order valence-electron chi connectivity index (χ3n) is 7.22. The summed E-state index contributed by atoms with van der Waals surface area (Å²) in [7, 11) is -4.19. The number of sulfonamides is 1. The van der Waals surface area contributed by atoms with E-state index in [0.717, 1.165) is 10.4 Å². The molecule has 9 nitrogen and oxygen atoms in total. The zero-order chi connectivity index (χ0) is 32.0. The maximum atomic E-state index is 13.9. The van der Waals surface area contributed by atoms with Crippen LogP contribution in [0.3, 0.4) is 0 Å². The van der Waals surface area contributed by atoms with E-state index in [-0.39, 0.29) is 62.4 Å². The number of aliphatic carboxylic acids is 1. The van der Waals surface area contributed by atoms with Gasteiger partial charge in [-0.1, -0.05) is 47.5 Å². The molecule has 2 atom stereocenters. The van der Waals surface area contributed by atoms with Gasteiger partial charge in [-0.3, -0.25) is 4.79 Å². The number of carbonyl (C=O) groups excluding carboxylic acids is 1. The Balaban J connectivity index is 1.36. The lowest BCUT2D eigenvalue weighted by atomic mass is 9.95. The molecule has 0 aliphatic carbocycles. The summed E-state index contributed by atoms with van der Waals surface area (Å²) in [6, 6.07) is 9.01. The summed E-state index contributed by atoms with van der Waals surface area (Å²) in [5, 5.41) is 12.5. The standard InChI is InChI=1S/C29H24Cl2F3N3O6S/c1-15-35-26-24(43-15)9-8-21(29(32,33)34)25(26)17-6-4-16(5-7-17)11-22(28(39)40)36-27(38)23-3-2-10-37(23)44(41,42)20-13-18(30)12-19(31)14-20/h4-9,12-14,22-23H,2-3,10-11H2,1H3,(H,36,38)(H,39,40)/t22-,23-/m0/s1. The number of nitrogens with zero attached hydrogens (tertiary/aromatic N) is 2. The topological polar surface area (TPSA) is 130 Å². The van der Waals surface area contributed by atoms with E-state index >= 15 is 0 Å². The van der Waals surface area contributed by atoms with Gasteiger partial charge in [0, 0.05) is 35.5 Å². The van der Waals surface area contributed by atoms with Gasteiger partial charge in [0.15, 0.2) is 11.5 Å². The third-order valence-corrected chi connectivity index (χ3v) is 9.54. The Morgan fingerprint density at radius 1 is 1.11 bits per heavy atom. The predicted octanol–water partition coefficient (Wildman–Crippen LogP) is 6.09. The molecule has 0 radical (unpaired) electrons. The summed E-state index contributed by atoms with van der Waals surface area (Å²) in [5.74, 6) is -1.98. The Bertz CT molecular complexity index is 1840. The molecule has 15 heteroatoms. The summed E-state index contributed by atoms with van der Waals surface area (Å²) >= 11 is 11.9. The minimum Gasteiger partial charge on any atom is -0.480 e. The zero-order valence-electron chi connectivity index (χ0n) is 22.9. The van der Waals surface area contributed by atoms with Crippen molar-refractivity contribution in [2.24, 2.45) is 0 Å². The first kappa shape index (κ1) is 31.8. The molecular weight excluding hydrogens is 646 g/mol. The van der Waals surface area contributed by atoms with Crippen molar-refractivity contribution in [3.05, 3.63) is 81.7 Å². The van der Waals surface area contributed by atoms with Crippen LogP contribution in [0.1, 0.15) is 29.9 Å². The molecule has 1 amide bonds. The number of aromatic nitrogens is 1. The molecule has 1 fully saturated rings. The van der Waals surface area contributed by atoms with Gasteiger partial charge in [-0.15, -0.1) is 0 Å². The molecular formula is C29H24Cl2F3N3O6S. The Morgan fingerprint density at radius 3 is 2.39 bits per heavy atom. The van der Waals surface area contributed by atoms with Crippen molar-refractivity contribution >= 4 is 56.2 Å². The van der Waals surface area contributed by atoms with Gasteiger partial charge in [-0.05, 0) is 54.3 Å². The van der Waals surface area contributed by atoms with Gasteiger partial charge in [0.1, 0.15) is 17.6 Å². The minimum atomic E-state index is -4.67. The van der Waals surface area contributed by atoms with Crippen LogP contribution in [0.25, 0.3) is 22.2 Å². The molecule has 232 valence electrons. The second-order valence-electron chi connectivity index (χ2n) is 10.2. The van der Waals surface area contributed by atoms with E-state index in [1.807, 2.05) is 0 Å². The van der Waals surface area contributed by atoms with E-state index in [0.29, 0.717) is 12.0 Å². The number of hydrogen-bond donors (Lipinski definition) is 2. The van der Waals surface area contributed by atoms with Crippen molar-refractivity contribution in [2.45, 2.75) is 49.3 Å². The number of fused-ring (bicyclic) bond motifs is 1. The first-order valence-electron chi connectivity index (χ1n) is 13.2. The molecule has 2 N–H and O–H groups in total. The van der Waals surface area contributed by atoms with Gasteiger partial charge in [-0.25, -0.2) is 18.2 Å². The highest BCUT2D eigenvalue weighted by Gasteiger charge is 2.41. The molecule has 0 spiro atoms. The first-order chi connectivity index (χ1) is 20.6. The molecule has 1 aliphatic heterocycles. The maximum absolute atomic E-state index is 13.9. The lowest BCUT2D eigenvalue weighted by molar-refractivity contribution is -0.142. The van der Waals surface area contributed by atoms with Crippen molar-refractivity contribution < 1.29 is 40.7 Å². The number of oxazole rings is 1. The number of alkyl halides is 3. The van der Waals surface area contributed by atoms with Crippen LogP contribution in [-0.2, 0) is 32.2 Å². The van der Waals surface area contributed by atoms with Crippen LogP contribution in [0.4, 0.5) is 13.2 Å². The van der Waals surface area contributed by atoms with E-state index in [1.54, 1.807) is 0 Å². The SMILES string of the molecule is Cc1nc2c(-c3ccc(C[C@H](NC(=O)[C@@H]4CCCN4S(=O)(=O)c4cc(Cl)cc(Cl)c4)C(=O)O)cc3)c(C(F)(F)F)ccc2o1. The summed E-state index contributed by atoms with van der Waals surface area (Å²) in [5.41, 5.74) is -0.267. The van der Waals surface area contributed by atoms with Crippen LogP contribution >= 0.6 is 23.2 Å². The molecule has 2 heterocycles. The summed E-state index contributed by atoms with van der Waals surface area (Å²) < 4.78 is 74.6. The van der Waals surface area contributed by atoms with Crippen molar-refractivity contribution in [3.8, 4) is 11.1 Å². The first-order valence-corrected chi connectivity index (χ1v) is 15.4. The number of rotatable bonds is 8. The lowest BCUT2D eigenvalue weighted by Crippen LogP contribution is -2.51. The van der Waals surface area contributed by atoms with Crippen LogP contribution in [0.5, 0.6) is 0 Å².